The molecule has 4 atom stereocenters. The lowest BCUT2D eigenvalue weighted by molar-refractivity contribution is -0.135. The number of fused-ring (bicyclic) bond motifs is 6. The van der Waals surface area contributed by atoms with E-state index in [1.165, 1.54) is 14.2 Å². The van der Waals surface area contributed by atoms with E-state index in [0.717, 1.165) is 92.2 Å². The molecule has 0 radical (unpaired) electrons. The molecule has 2 aromatic heterocycles. The number of imidazole rings is 2. The zero-order valence-corrected chi connectivity index (χ0v) is 34.0. The standard InChI is InChI=1S/C45H50N8O6/c1-6-34(50-44(56)58-4)42(54)52-19-9-13-37(52)40-46-23-35(48-40)26-15-17-30-31-18-16-27(22-33(31)29-12-8-7-11-28(29)32(30)21-26)36-24-47-41(49-36)38-14-10-20-53(38)43(55)39(25(2)3)51-45(57)59-5/h7-8,11-12,15-18,21-25,34,37-39H,6,9-10,13-14,19-20H2,1-5H3,(H,46,48)(H,47,49)(H,50,56)(H,51,57)/t34-,37-,38-,39-/m0/s1. The molecule has 306 valence electrons. The fourth-order valence-electron chi connectivity index (χ4n) is 8.84. The Bertz CT molecular complexity index is 2540. The van der Waals surface area contributed by atoms with E-state index in [2.05, 4.69) is 81.3 Å². The zero-order chi connectivity index (χ0) is 41.4. The smallest absolute Gasteiger partial charge is 0.407 e. The van der Waals surface area contributed by atoms with Gasteiger partial charge in [-0.3, -0.25) is 9.59 Å². The molecular weight excluding hydrogens is 749 g/mol. The first kappa shape index (κ1) is 39.4. The first-order valence-electron chi connectivity index (χ1n) is 20.4. The van der Waals surface area contributed by atoms with E-state index in [0.29, 0.717) is 19.5 Å². The lowest BCUT2D eigenvalue weighted by Gasteiger charge is -2.30. The Morgan fingerprint density at radius 3 is 1.64 bits per heavy atom. The normalized spacial score (nSPS) is 17.8. The number of nitrogens with one attached hydrogen (secondary N) is 4. The van der Waals surface area contributed by atoms with E-state index >= 15 is 0 Å². The Kier molecular flexibility index (Phi) is 11.0. The molecule has 0 unspecified atom stereocenters. The molecule has 8 rings (SSSR count). The maximum Gasteiger partial charge on any atom is 0.407 e. The fraction of sp³-hybridized carbons (Fsp3) is 0.378. The number of rotatable bonds is 10. The summed E-state index contributed by atoms with van der Waals surface area (Å²) in [5.74, 6) is 1.04. The number of methoxy groups -OCH3 is 2. The van der Waals surface area contributed by atoms with Gasteiger partial charge in [0.05, 0.1) is 50.1 Å². The number of benzene rings is 4. The number of H-pyrrole nitrogens is 2. The number of hydrogen-bond donors (Lipinski definition) is 4. The van der Waals surface area contributed by atoms with Crippen LogP contribution in [0.3, 0.4) is 0 Å². The second-order valence-electron chi connectivity index (χ2n) is 15.8. The van der Waals surface area contributed by atoms with Gasteiger partial charge in [-0.15, -0.1) is 0 Å². The van der Waals surface area contributed by atoms with Gasteiger partial charge in [0, 0.05) is 24.2 Å². The molecule has 2 saturated heterocycles. The third-order valence-corrected chi connectivity index (χ3v) is 11.9. The second-order valence-corrected chi connectivity index (χ2v) is 15.8. The highest BCUT2D eigenvalue weighted by molar-refractivity contribution is 6.26. The Labute approximate surface area is 342 Å². The monoisotopic (exact) mass is 798 g/mol. The van der Waals surface area contributed by atoms with Crippen molar-refractivity contribution in [2.24, 2.45) is 5.92 Å². The van der Waals surface area contributed by atoms with Gasteiger partial charge in [-0.1, -0.05) is 69.3 Å². The van der Waals surface area contributed by atoms with Crippen molar-refractivity contribution in [1.29, 1.82) is 0 Å². The van der Waals surface area contributed by atoms with Gasteiger partial charge in [0.2, 0.25) is 11.8 Å². The van der Waals surface area contributed by atoms with Crippen LogP contribution in [0.4, 0.5) is 9.59 Å². The topological polar surface area (TPSA) is 175 Å². The maximum absolute atomic E-state index is 13.7. The highest BCUT2D eigenvalue weighted by Crippen LogP contribution is 2.40. The summed E-state index contributed by atoms with van der Waals surface area (Å²) in [6.07, 6.45) is 6.09. The summed E-state index contributed by atoms with van der Waals surface area (Å²) >= 11 is 0. The number of carbonyl (C=O) groups excluding carboxylic acids is 4. The third kappa shape index (κ3) is 7.43. The Hall–Kier alpha value is -6.44. The molecule has 6 aromatic rings. The molecule has 14 heteroatoms. The number of nitrogens with zero attached hydrogens (tertiary/aromatic N) is 4. The van der Waals surface area contributed by atoms with Gasteiger partial charge in [0.1, 0.15) is 23.7 Å². The average molecular weight is 799 g/mol. The van der Waals surface area contributed by atoms with Crippen LogP contribution in [-0.4, -0.2) is 93.1 Å². The number of hydrogen-bond acceptors (Lipinski definition) is 8. The minimum absolute atomic E-state index is 0.117. The highest BCUT2D eigenvalue weighted by Gasteiger charge is 2.38. The third-order valence-electron chi connectivity index (χ3n) is 11.9. The molecular formula is C45H50N8O6. The van der Waals surface area contributed by atoms with Crippen molar-refractivity contribution >= 4 is 56.3 Å². The summed E-state index contributed by atoms with van der Waals surface area (Å²) < 4.78 is 9.54. The van der Waals surface area contributed by atoms with Crippen LogP contribution >= 0.6 is 0 Å². The molecule has 14 nitrogen and oxygen atoms in total. The number of alkyl carbamates (subject to hydrolysis) is 2. The second kappa shape index (κ2) is 16.4. The van der Waals surface area contributed by atoms with Crippen LogP contribution in [-0.2, 0) is 19.1 Å². The van der Waals surface area contributed by atoms with Crippen LogP contribution in [0.2, 0.25) is 0 Å². The SMILES string of the molecule is CC[C@H](NC(=O)OC)C(=O)N1CCC[C@H]1c1ncc(-c2ccc3c4ccc(-c5cnc([C@@H]6CCCN6C(=O)[C@@H](NC(=O)OC)C(C)C)[nH]5)cc4c4ccccc4c3c2)[nH]1. The Morgan fingerprint density at radius 1 is 0.695 bits per heavy atom. The van der Waals surface area contributed by atoms with Crippen LogP contribution in [0.15, 0.2) is 73.1 Å². The molecule has 0 aliphatic carbocycles. The molecule has 2 fully saturated rings. The molecule has 4 amide bonds. The summed E-state index contributed by atoms with van der Waals surface area (Å²) in [4.78, 5) is 71.4. The lowest BCUT2D eigenvalue weighted by atomic mass is 9.91. The summed E-state index contributed by atoms with van der Waals surface area (Å²) in [6, 6.07) is 19.5. The van der Waals surface area contributed by atoms with Crippen LogP contribution < -0.4 is 10.6 Å². The number of carbonyl (C=O) groups is 4. The summed E-state index contributed by atoms with van der Waals surface area (Å²) in [5.41, 5.74) is 3.68. The maximum atomic E-state index is 13.7. The number of likely N-dealkylation sites (tertiary alicyclic amines) is 2. The van der Waals surface area contributed by atoms with Gasteiger partial charge in [-0.25, -0.2) is 19.6 Å². The van der Waals surface area contributed by atoms with Gasteiger partial charge in [-0.05, 0) is 82.5 Å². The molecule has 0 spiro atoms. The van der Waals surface area contributed by atoms with Gasteiger partial charge >= 0.3 is 12.2 Å². The van der Waals surface area contributed by atoms with E-state index in [9.17, 15) is 19.2 Å². The number of aromatic amines is 2. The minimum Gasteiger partial charge on any atom is -0.453 e. The van der Waals surface area contributed by atoms with Crippen molar-refractivity contribution in [3.63, 3.8) is 0 Å². The molecule has 2 aliphatic rings. The van der Waals surface area contributed by atoms with Gasteiger partial charge in [0.15, 0.2) is 0 Å². The fourth-order valence-corrected chi connectivity index (χ4v) is 8.84. The van der Waals surface area contributed by atoms with Crippen molar-refractivity contribution in [1.82, 2.24) is 40.4 Å². The van der Waals surface area contributed by atoms with Crippen molar-refractivity contribution in [2.45, 2.75) is 77.0 Å². The Morgan fingerprint density at radius 2 is 1.17 bits per heavy atom. The van der Waals surface area contributed by atoms with Gasteiger partial charge in [0.25, 0.3) is 0 Å². The molecule has 59 heavy (non-hydrogen) atoms. The highest BCUT2D eigenvalue weighted by atomic mass is 16.5. The molecule has 0 saturated carbocycles. The number of ether oxygens (including phenoxy) is 2. The number of aromatic nitrogens is 4. The van der Waals surface area contributed by atoms with Crippen LogP contribution in [0.25, 0.3) is 54.8 Å². The summed E-state index contributed by atoms with van der Waals surface area (Å²) in [6.45, 7) is 6.85. The summed E-state index contributed by atoms with van der Waals surface area (Å²) in [7, 11) is 2.58. The average Bonchev–Trinajstić information content (AvgIpc) is 4.11. The predicted octanol–water partition coefficient (Wildman–Crippen LogP) is 7.77. The number of amides is 4. The van der Waals surface area contributed by atoms with Crippen LogP contribution in [0, 0.1) is 5.92 Å². The van der Waals surface area contributed by atoms with E-state index in [4.69, 9.17) is 19.4 Å². The van der Waals surface area contributed by atoms with E-state index in [1.54, 1.807) is 0 Å². The predicted molar refractivity (Wildman–Crippen MR) is 225 cm³/mol. The summed E-state index contributed by atoms with van der Waals surface area (Å²) in [5, 5.41) is 12.1. The quantitative estimate of drug-likeness (QED) is 0.102. The molecule has 4 aromatic carbocycles. The van der Waals surface area contributed by atoms with E-state index in [1.807, 2.05) is 43.0 Å². The molecule has 0 bridgehead atoms. The first-order valence-corrected chi connectivity index (χ1v) is 20.4. The minimum atomic E-state index is -0.702. The van der Waals surface area contributed by atoms with Crippen molar-refractivity contribution in [3.05, 3.63) is 84.7 Å². The van der Waals surface area contributed by atoms with Gasteiger partial charge < -0.3 is 39.9 Å². The van der Waals surface area contributed by atoms with E-state index in [-0.39, 0.29) is 29.8 Å². The largest absolute Gasteiger partial charge is 0.453 e. The van der Waals surface area contributed by atoms with Crippen LogP contribution in [0.1, 0.15) is 76.6 Å². The van der Waals surface area contributed by atoms with E-state index < -0.39 is 24.3 Å². The van der Waals surface area contributed by atoms with Crippen molar-refractivity contribution in [3.8, 4) is 22.5 Å². The first-order chi connectivity index (χ1) is 28.6. The molecule has 4 heterocycles. The Balaban J connectivity index is 1.08. The zero-order valence-electron chi connectivity index (χ0n) is 34.0. The lowest BCUT2D eigenvalue weighted by Crippen LogP contribution is -2.51. The van der Waals surface area contributed by atoms with Crippen molar-refractivity contribution in [2.75, 3.05) is 27.3 Å². The van der Waals surface area contributed by atoms with Crippen molar-refractivity contribution < 1.29 is 28.7 Å². The van der Waals surface area contributed by atoms with Crippen LogP contribution in [0.5, 0.6) is 0 Å². The van der Waals surface area contributed by atoms with Gasteiger partial charge in [-0.2, -0.15) is 0 Å². The molecule has 2 aliphatic heterocycles. The molecule has 4 N–H and O–H groups in total.